The number of carbonyl (C=O) groups is 1. The third-order valence-corrected chi connectivity index (χ3v) is 3.74. The SMILES string of the molecule is CC(C)c1cccc(N2C(=O)CC3CC32)c1.[HH]. The summed E-state index contributed by atoms with van der Waals surface area (Å²) in [4.78, 5) is 13.8. The van der Waals surface area contributed by atoms with Crippen LogP contribution in [0.25, 0.3) is 0 Å². The van der Waals surface area contributed by atoms with Gasteiger partial charge in [0, 0.05) is 19.6 Å². The van der Waals surface area contributed by atoms with Crippen LogP contribution in [0.5, 0.6) is 0 Å². The highest BCUT2D eigenvalue weighted by atomic mass is 16.2. The second-order valence-corrected chi connectivity index (χ2v) is 5.28. The molecule has 1 aliphatic heterocycles. The number of anilines is 1. The first-order chi connectivity index (χ1) is 7.66. The molecule has 2 nitrogen and oxygen atoms in total. The molecule has 1 aromatic carbocycles. The van der Waals surface area contributed by atoms with Gasteiger partial charge in [-0.25, -0.2) is 0 Å². The van der Waals surface area contributed by atoms with Crippen LogP contribution in [-0.2, 0) is 4.79 Å². The van der Waals surface area contributed by atoms with Crippen molar-refractivity contribution in [1.82, 2.24) is 0 Å². The molecule has 1 amide bonds. The number of carbonyl (C=O) groups excluding carboxylic acids is 1. The van der Waals surface area contributed by atoms with Crippen LogP contribution < -0.4 is 4.90 Å². The fourth-order valence-corrected chi connectivity index (χ4v) is 2.64. The number of amides is 1. The lowest BCUT2D eigenvalue weighted by molar-refractivity contribution is -0.117. The van der Waals surface area contributed by atoms with E-state index in [1.807, 2.05) is 4.90 Å². The first-order valence-corrected chi connectivity index (χ1v) is 6.09. The molecule has 0 aromatic heterocycles. The van der Waals surface area contributed by atoms with Crippen molar-refractivity contribution in [2.24, 2.45) is 5.92 Å². The van der Waals surface area contributed by atoms with Gasteiger partial charge in [-0.2, -0.15) is 0 Å². The first kappa shape index (κ1) is 9.88. The maximum absolute atomic E-state index is 11.8. The Bertz CT molecular complexity index is 444. The maximum Gasteiger partial charge on any atom is 0.227 e. The van der Waals surface area contributed by atoms with E-state index in [9.17, 15) is 4.79 Å². The summed E-state index contributed by atoms with van der Waals surface area (Å²) >= 11 is 0. The molecule has 0 spiro atoms. The molecule has 2 fully saturated rings. The quantitative estimate of drug-likeness (QED) is 0.745. The molecule has 3 rings (SSSR count). The van der Waals surface area contributed by atoms with E-state index in [4.69, 9.17) is 0 Å². The Balaban J connectivity index is 0.00000108. The molecule has 86 valence electrons. The third kappa shape index (κ3) is 1.44. The fraction of sp³-hybridized carbons (Fsp3) is 0.500. The van der Waals surface area contributed by atoms with E-state index >= 15 is 0 Å². The third-order valence-electron chi connectivity index (χ3n) is 3.74. The summed E-state index contributed by atoms with van der Waals surface area (Å²) < 4.78 is 0. The Morgan fingerprint density at radius 2 is 2.25 bits per heavy atom. The molecule has 2 unspecified atom stereocenters. The van der Waals surface area contributed by atoms with Gasteiger partial charge in [-0.15, -0.1) is 0 Å². The summed E-state index contributed by atoms with van der Waals surface area (Å²) in [5, 5.41) is 0. The van der Waals surface area contributed by atoms with Gasteiger partial charge in [-0.3, -0.25) is 4.79 Å². The van der Waals surface area contributed by atoms with E-state index in [1.54, 1.807) is 0 Å². The van der Waals surface area contributed by atoms with E-state index in [0.29, 0.717) is 23.8 Å². The van der Waals surface area contributed by atoms with Crippen molar-refractivity contribution in [2.45, 2.75) is 38.6 Å². The first-order valence-electron chi connectivity index (χ1n) is 6.09. The van der Waals surface area contributed by atoms with Crippen LogP contribution in [0.15, 0.2) is 24.3 Å². The van der Waals surface area contributed by atoms with Gasteiger partial charge in [0.15, 0.2) is 0 Å². The van der Waals surface area contributed by atoms with Crippen LogP contribution in [0.2, 0.25) is 0 Å². The molecular weight excluding hydrogens is 198 g/mol. The normalized spacial score (nSPS) is 27.4. The highest BCUT2D eigenvalue weighted by Crippen LogP contribution is 2.47. The molecule has 0 bridgehead atoms. The molecule has 16 heavy (non-hydrogen) atoms. The van der Waals surface area contributed by atoms with Crippen LogP contribution in [0.3, 0.4) is 0 Å². The van der Waals surface area contributed by atoms with Gasteiger partial charge in [0.1, 0.15) is 0 Å². The van der Waals surface area contributed by atoms with Crippen LogP contribution in [0.1, 0.15) is 39.6 Å². The Morgan fingerprint density at radius 3 is 2.88 bits per heavy atom. The van der Waals surface area contributed by atoms with E-state index < -0.39 is 0 Å². The molecule has 1 saturated heterocycles. The van der Waals surface area contributed by atoms with Gasteiger partial charge in [0.05, 0.1) is 0 Å². The summed E-state index contributed by atoms with van der Waals surface area (Å²) in [6.07, 6.45) is 1.97. The standard InChI is InChI=1S/C14H17NO.H2/c1-9(2)10-4-3-5-12(6-10)15-13-7-11(13)8-14(15)16;/h3-6,9,11,13H,7-8H2,1-2H3;1H. The topological polar surface area (TPSA) is 20.3 Å². The fourth-order valence-electron chi connectivity index (χ4n) is 2.64. The van der Waals surface area contributed by atoms with E-state index in [2.05, 4.69) is 38.1 Å². The zero-order valence-corrected chi connectivity index (χ0v) is 9.81. The van der Waals surface area contributed by atoms with Gasteiger partial charge >= 0.3 is 0 Å². The van der Waals surface area contributed by atoms with E-state index in [0.717, 1.165) is 12.1 Å². The molecule has 1 saturated carbocycles. The summed E-state index contributed by atoms with van der Waals surface area (Å²) in [6, 6.07) is 8.94. The van der Waals surface area contributed by atoms with Crippen molar-refractivity contribution < 1.29 is 6.22 Å². The molecule has 2 heteroatoms. The van der Waals surface area contributed by atoms with Gasteiger partial charge < -0.3 is 4.90 Å². The number of piperidine rings is 1. The van der Waals surface area contributed by atoms with Crippen molar-refractivity contribution in [2.75, 3.05) is 4.90 Å². The molecule has 0 N–H and O–H groups in total. The number of hydrogen-bond donors (Lipinski definition) is 0. The minimum absolute atomic E-state index is 0. The molecule has 2 aliphatic rings. The molecule has 0 radical (unpaired) electrons. The van der Waals surface area contributed by atoms with E-state index in [1.165, 1.54) is 12.0 Å². The number of hydrogen-bond acceptors (Lipinski definition) is 1. The minimum Gasteiger partial charge on any atom is -0.309 e. The predicted molar refractivity (Wildman–Crippen MR) is 66.6 cm³/mol. The summed E-state index contributed by atoms with van der Waals surface area (Å²) in [6.45, 7) is 4.37. The number of nitrogens with zero attached hydrogens (tertiary/aromatic N) is 1. The molecule has 1 aliphatic carbocycles. The smallest absolute Gasteiger partial charge is 0.227 e. The number of rotatable bonds is 2. The highest BCUT2D eigenvalue weighted by Gasteiger charge is 2.51. The Morgan fingerprint density at radius 1 is 1.44 bits per heavy atom. The summed E-state index contributed by atoms with van der Waals surface area (Å²) in [7, 11) is 0. The molecular formula is C14H19NO. The molecule has 1 aromatic rings. The van der Waals surface area contributed by atoms with Crippen LogP contribution in [0, 0.1) is 5.92 Å². The maximum atomic E-state index is 11.8. The lowest BCUT2D eigenvalue weighted by Gasteiger charge is -2.20. The number of benzene rings is 1. The van der Waals surface area contributed by atoms with Gasteiger partial charge in [-0.05, 0) is 36.0 Å². The number of fused-ring (bicyclic) bond motifs is 1. The van der Waals surface area contributed by atoms with Crippen molar-refractivity contribution >= 4 is 11.6 Å². The van der Waals surface area contributed by atoms with Crippen molar-refractivity contribution in [3.63, 3.8) is 0 Å². The van der Waals surface area contributed by atoms with Gasteiger partial charge in [0.2, 0.25) is 5.91 Å². The zero-order chi connectivity index (χ0) is 11.3. The van der Waals surface area contributed by atoms with Crippen LogP contribution in [0.4, 0.5) is 5.69 Å². The lowest BCUT2D eigenvalue weighted by atomic mass is 10.0. The monoisotopic (exact) mass is 217 g/mol. The van der Waals surface area contributed by atoms with Gasteiger partial charge in [0.25, 0.3) is 0 Å². The Labute approximate surface area is 97.7 Å². The molecule has 2 atom stereocenters. The largest absolute Gasteiger partial charge is 0.309 e. The predicted octanol–water partition coefficient (Wildman–Crippen LogP) is 3.18. The Hall–Kier alpha value is -1.31. The average Bonchev–Trinajstić information content (AvgIpc) is 2.91. The second-order valence-electron chi connectivity index (χ2n) is 5.28. The van der Waals surface area contributed by atoms with Crippen molar-refractivity contribution in [1.29, 1.82) is 0 Å². The lowest BCUT2D eigenvalue weighted by Crippen LogP contribution is -2.27. The molecule has 1 heterocycles. The van der Waals surface area contributed by atoms with Crippen molar-refractivity contribution in [3.05, 3.63) is 29.8 Å². The average molecular weight is 217 g/mol. The Kier molecular flexibility index (Phi) is 2.06. The highest BCUT2D eigenvalue weighted by molar-refractivity contribution is 5.98. The minimum atomic E-state index is 0. The van der Waals surface area contributed by atoms with Gasteiger partial charge in [-0.1, -0.05) is 26.0 Å². The summed E-state index contributed by atoms with van der Waals surface area (Å²) in [5.74, 6) is 1.48. The zero-order valence-electron chi connectivity index (χ0n) is 9.81. The van der Waals surface area contributed by atoms with Crippen LogP contribution in [-0.4, -0.2) is 11.9 Å². The van der Waals surface area contributed by atoms with Crippen LogP contribution >= 0.6 is 0 Å². The van der Waals surface area contributed by atoms with Crippen molar-refractivity contribution in [3.8, 4) is 0 Å². The van der Waals surface area contributed by atoms with E-state index in [-0.39, 0.29) is 1.43 Å². The summed E-state index contributed by atoms with van der Waals surface area (Å²) in [5.41, 5.74) is 2.41. The second kappa shape index (κ2) is 3.34.